The molecule has 0 saturated carbocycles. The summed E-state index contributed by atoms with van der Waals surface area (Å²) in [6.45, 7) is 8.04. The number of hydrogen-bond donors (Lipinski definition) is 1. The van der Waals surface area contributed by atoms with Gasteiger partial charge in [0.2, 0.25) is 0 Å². The number of hydrogen-bond acceptors (Lipinski definition) is 4. The van der Waals surface area contributed by atoms with Crippen molar-refractivity contribution >= 4 is 22.4 Å². The largest absolute Gasteiger partial charge is 0.480 e. The summed E-state index contributed by atoms with van der Waals surface area (Å²) in [4.78, 5) is 18.2. The first-order valence-corrected chi connectivity index (χ1v) is 6.19. The van der Waals surface area contributed by atoms with E-state index in [-0.39, 0.29) is 12.6 Å². The zero-order valence-corrected chi connectivity index (χ0v) is 11.0. The zero-order chi connectivity index (χ0) is 12.3. The van der Waals surface area contributed by atoms with Gasteiger partial charge in [-0.25, -0.2) is 4.98 Å². The first-order chi connectivity index (χ1) is 7.45. The Labute approximate surface area is 99.9 Å². The number of thiazole rings is 1. The van der Waals surface area contributed by atoms with E-state index in [4.69, 9.17) is 5.11 Å². The Hall–Kier alpha value is -1.10. The molecular formula is C11H18N2O2S. The van der Waals surface area contributed by atoms with E-state index in [0.717, 1.165) is 22.1 Å². The fourth-order valence-electron chi connectivity index (χ4n) is 1.36. The number of carboxylic acid groups (broad SMARTS) is 1. The van der Waals surface area contributed by atoms with Gasteiger partial charge in [-0.1, -0.05) is 6.92 Å². The fraction of sp³-hybridized carbons (Fsp3) is 0.636. The Bertz CT molecular complexity index is 357. The summed E-state index contributed by atoms with van der Waals surface area (Å²) in [5, 5.41) is 9.71. The van der Waals surface area contributed by atoms with Gasteiger partial charge in [-0.15, -0.1) is 11.3 Å². The lowest BCUT2D eigenvalue weighted by atomic mass is 10.2. The quantitative estimate of drug-likeness (QED) is 0.861. The average Bonchev–Trinajstić information content (AvgIpc) is 2.54. The summed E-state index contributed by atoms with van der Waals surface area (Å²) in [5.41, 5.74) is 0.985. The van der Waals surface area contributed by atoms with Crippen molar-refractivity contribution < 1.29 is 9.90 Å². The molecule has 0 aliphatic heterocycles. The highest BCUT2D eigenvalue weighted by Crippen LogP contribution is 2.27. The third kappa shape index (κ3) is 2.95. The molecule has 0 aliphatic carbocycles. The maximum atomic E-state index is 10.8. The van der Waals surface area contributed by atoms with Crippen molar-refractivity contribution in [2.75, 3.05) is 11.4 Å². The average molecular weight is 242 g/mol. The van der Waals surface area contributed by atoms with Crippen LogP contribution < -0.4 is 4.90 Å². The summed E-state index contributed by atoms with van der Waals surface area (Å²) in [6.07, 6.45) is 0.908. The van der Waals surface area contributed by atoms with E-state index >= 15 is 0 Å². The summed E-state index contributed by atoms with van der Waals surface area (Å²) in [5.74, 6) is -0.814. The SMILES string of the molecule is CCC(C)N(CC(=O)O)c1nc(C)c(C)s1. The number of carboxylic acids is 1. The Morgan fingerprint density at radius 1 is 1.56 bits per heavy atom. The lowest BCUT2D eigenvalue weighted by Gasteiger charge is -2.26. The van der Waals surface area contributed by atoms with Gasteiger partial charge < -0.3 is 10.0 Å². The molecular weight excluding hydrogens is 224 g/mol. The molecule has 1 aromatic rings. The lowest BCUT2D eigenvalue weighted by Crippen LogP contribution is -2.37. The van der Waals surface area contributed by atoms with Crippen LogP contribution in [-0.4, -0.2) is 28.6 Å². The van der Waals surface area contributed by atoms with E-state index in [2.05, 4.69) is 4.98 Å². The van der Waals surface area contributed by atoms with Crippen LogP contribution in [0.5, 0.6) is 0 Å². The highest BCUT2D eigenvalue weighted by atomic mass is 32.1. The molecule has 16 heavy (non-hydrogen) atoms. The maximum Gasteiger partial charge on any atom is 0.323 e. The number of nitrogens with zero attached hydrogens (tertiary/aromatic N) is 2. The summed E-state index contributed by atoms with van der Waals surface area (Å²) < 4.78 is 0. The Kier molecular flexibility index (Phi) is 4.29. The zero-order valence-electron chi connectivity index (χ0n) is 10.1. The van der Waals surface area contributed by atoms with Gasteiger partial charge in [0.05, 0.1) is 5.69 Å². The molecule has 0 aromatic carbocycles. The minimum Gasteiger partial charge on any atom is -0.480 e. The Balaban J connectivity index is 2.95. The highest BCUT2D eigenvalue weighted by molar-refractivity contribution is 7.15. The van der Waals surface area contributed by atoms with Crippen LogP contribution in [0.3, 0.4) is 0 Å². The number of aromatic nitrogens is 1. The minimum atomic E-state index is -0.814. The first kappa shape index (κ1) is 13.0. The second-order valence-electron chi connectivity index (χ2n) is 3.92. The molecule has 0 bridgehead atoms. The molecule has 1 aromatic heterocycles. The third-order valence-corrected chi connectivity index (χ3v) is 3.80. The van der Waals surface area contributed by atoms with E-state index in [1.807, 2.05) is 32.6 Å². The molecule has 1 rings (SSSR count). The van der Waals surface area contributed by atoms with Gasteiger partial charge in [0.15, 0.2) is 5.13 Å². The highest BCUT2D eigenvalue weighted by Gasteiger charge is 2.19. The molecule has 1 atom stereocenters. The predicted molar refractivity (Wildman–Crippen MR) is 66.3 cm³/mol. The maximum absolute atomic E-state index is 10.8. The van der Waals surface area contributed by atoms with Crippen molar-refractivity contribution in [2.24, 2.45) is 0 Å². The van der Waals surface area contributed by atoms with Gasteiger partial charge >= 0.3 is 5.97 Å². The van der Waals surface area contributed by atoms with Gasteiger partial charge in [-0.2, -0.15) is 0 Å². The summed E-state index contributed by atoms with van der Waals surface area (Å²) >= 11 is 1.56. The van der Waals surface area contributed by atoms with E-state index < -0.39 is 5.97 Å². The van der Waals surface area contributed by atoms with E-state index in [1.165, 1.54) is 0 Å². The van der Waals surface area contributed by atoms with Gasteiger partial charge in [-0.05, 0) is 27.2 Å². The van der Waals surface area contributed by atoms with Crippen LogP contribution >= 0.6 is 11.3 Å². The van der Waals surface area contributed by atoms with Gasteiger partial charge in [-0.3, -0.25) is 4.79 Å². The van der Waals surface area contributed by atoms with E-state index in [1.54, 1.807) is 11.3 Å². The third-order valence-electron chi connectivity index (χ3n) is 2.69. The summed E-state index contributed by atoms with van der Waals surface area (Å²) in [7, 11) is 0. The van der Waals surface area contributed by atoms with Crippen LogP contribution in [0.2, 0.25) is 0 Å². The predicted octanol–water partition coefficient (Wildman–Crippen LogP) is 2.45. The van der Waals surface area contributed by atoms with Crippen molar-refractivity contribution in [3.8, 4) is 0 Å². The van der Waals surface area contributed by atoms with Crippen LogP contribution in [0.1, 0.15) is 30.8 Å². The second kappa shape index (κ2) is 5.30. The molecule has 1 N–H and O–H groups in total. The molecule has 0 saturated heterocycles. The van der Waals surface area contributed by atoms with Crippen molar-refractivity contribution in [1.29, 1.82) is 0 Å². The van der Waals surface area contributed by atoms with Crippen LogP contribution in [-0.2, 0) is 4.79 Å². The minimum absolute atomic E-state index is 0.0153. The number of aryl methyl sites for hydroxylation is 2. The molecule has 0 amide bonds. The smallest absolute Gasteiger partial charge is 0.323 e. The molecule has 4 nitrogen and oxygen atoms in total. The molecule has 90 valence electrons. The monoisotopic (exact) mass is 242 g/mol. The Morgan fingerprint density at radius 2 is 2.19 bits per heavy atom. The lowest BCUT2D eigenvalue weighted by molar-refractivity contribution is -0.135. The van der Waals surface area contributed by atoms with Crippen LogP contribution in [0.15, 0.2) is 0 Å². The van der Waals surface area contributed by atoms with Crippen molar-refractivity contribution in [1.82, 2.24) is 4.98 Å². The molecule has 0 aliphatic rings. The number of rotatable bonds is 5. The first-order valence-electron chi connectivity index (χ1n) is 5.38. The molecule has 0 fully saturated rings. The Morgan fingerprint density at radius 3 is 2.56 bits per heavy atom. The van der Waals surface area contributed by atoms with Gasteiger partial charge in [0, 0.05) is 10.9 Å². The van der Waals surface area contributed by atoms with Crippen LogP contribution in [0, 0.1) is 13.8 Å². The normalized spacial score (nSPS) is 12.5. The van der Waals surface area contributed by atoms with Gasteiger partial charge in [0.25, 0.3) is 0 Å². The number of aliphatic carboxylic acids is 1. The van der Waals surface area contributed by atoms with E-state index in [9.17, 15) is 4.79 Å². The van der Waals surface area contributed by atoms with Crippen molar-refractivity contribution in [3.63, 3.8) is 0 Å². The second-order valence-corrected chi connectivity index (χ2v) is 5.10. The molecule has 0 radical (unpaired) electrons. The van der Waals surface area contributed by atoms with Gasteiger partial charge in [0.1, 0.15) is 6.54 Å². The van der Waals surface area contributed by atoms with Crippen molar-refractivity contribution in [2.45, 2.75) is 40.2 Å². The van der Waals surface area contributed by atoms with Crippen LogP contribution in [0.25, 0.3) is 0 Å². The number of carbonyl (C=O) groups is 1. The van der Waals surface area contributed by atoms with Crippen molar-refractivity contribution in [3.05, 3.63) is 10.6 Å². The standard InChI is InChI=1S/C11H18N2O2S/c1-5-7(2)13(6-10(14)15)11-12-8(3)9(4)16-11/h7H,5-6H2,1-4H3,(H,14,15). The van der Waals surface area contributed by atoms with E-state index in [0.29, 0.717) is 0 Å². The summed E-state index contributed by atoms with van der Waals surface area (Å²) in [6, 6.07) is 0.195. The fourth-order valence-corrected chi connectivity index (χ4v) is 2.37. The molecule has 0 spiro atoms. The van der Waals surface area contributed by atoms with Crippen LogP contribution in [0.4, 0.5) is 5.13 Å². The molecule has 1 heterocycles. The number of anilines is 1. The molecule has 5 heteroatoms. The topological polar surface area (TPSA) is 53.4 Å². The molecule has 1 unspecified atom stereocenters.